The topological polar surface area (TPSA) is 9.86 Å². The number of hydrogen-bond donors (Lipinski definition) is 0. The van der Waals surface area contributed by atoms with Gasteiger partial charge in [-0.05, 0) is 122 Å². The summed E-state index contributed by atoms with van der Waals surface area (Å²) in [7, 11) is 0. The summed E-state index contributed by atoms with van der Waals surface area (Å²) in [4.78, 5) is 0. The largest absolute Gasteiger partial charge is 0.309 e. The third-order valence-electron chi connectivity index (χ3n) is 12.1. The normalized spacial score (nSPS) is 11.8. The maximum absolute atomic E-state index is 2.39. The van der Waals surface area contributed by atoms with Gasteiger partial charge in [-0.15, -0.1) is 0 Å². The zero-order valence-corrected chi connectivity index (χ0v) is 31.7. The van der Waals surface area contributed by atoms with E-state index in [9.17, 15) is 0 Å². The van der Waals surface area contributed by atoms with Crippen molar-refractivity contribution in [3.8, 4) is 44.8 Å². The summed E-state index contributed by atoms with van der Waals surface area (Å²) < 4.78 is 4.77. The second-order valence-electron chi connectivity index (χ2n) is 15.3. The number of hydrogen-bond acceptors (Lipinski definition) is 0. The van der Waals surface area contributed by atoms with Gasteiger partial charge < -0.3 is 9.13 Å². The number of benzene rings is 10. The zero-order valence-electron chi connectivity index (χ0n) is 31.7. The fourth-order valence-corrected chi connectivity index (χ4v) is 9.44. The number of para-hydroxylation sites is 4. The molecule has 0 radical (unpaired) electrons. The third-order valence-corrected chi connectivity index (χ3v) is 12.1. The van der Waals surface area contributed by atoms with Crippen molar-refractivity contribution >= 4 is 65.2 Å². The van der Waals surface area contributed by atoms with Crippen molar-refractivity contribution < 1.29 is 0 Å². The predicted octanol–water partition coefficient (Wildman–Crippen LogP) is 15.2. The van der Waals surface area contributed by atoms with E-state index in [4.69, 9.17) is 0 Å². The van der Waals surface area contributed by atoms with Gasteiger partial charge in [0, 0.05) is 32.9 Å². The third kappa shape index (κ3) is 5.05. The summed E-state index contributed by atoms with van der Waals surface area (Å²) in [5.74, 6) is 0. The fraction of sp³-hybridized carbons (Fsp3) is 0. The Bertz CT molecular complexity index is 3460. The number of fused-ring (bicyclic) bond motifs is 8. The van der Waals surface area contributed by atoms with E-state index in [1.54, 1.807) is 0 Å². The fourth-order valence-electron chi connectivity index (χ4n) is 9.44. The van der Waals surface area contributed by atoms with Crippen LogP contribution in [-0.4, -0.2) is 9.13 Å². The molecule has 0 saturated heterocycles. The maximum atomic E-state index is 2.39. The van der Waals surface area contributed by atoms with Gasteiger partial charge in [0.25, 0.3) is 0 Å². The Hall–Kier alpha value is -7.68. The molecule has 58 heavy (non-hydrogen) atoms. The second-order valence-corrected chi connectivity index (χ2v) is 15.3. The SMILES string of the molecule is c1cc(-c2cccc(-n3c4ccccc4c4ccccc43)c2)cc(-c2cccc3cc4c(-c5ccc(-n6c7ccccc7c7ccccc76)cc5)cccc4cc23)c1. The van der Waals surface area contributed by atoms with Crippen molar-refractivity contribution in [1.82, 2.24) is 9.13 Å². The molecule has 10 aromatic carbocycles. The van der Waals surface area contributed by atoms with Crippen molar-refractivity contribution in [2.45, 2.75) is 0 Å². The Morgan fingerprint density at radius 3 is 1.17 bits per heavy atom. The molecule has 0 atom stereocenters. The summed E-state index contributed by atoms with van der Waals surface area (Å²) in [5.41, 5.74) is 14.5. The molecule has 2 nitrogen and oxygen atoms in total. The molecule has 0 aliphatic heterocycles. The van der Waals surface area contributed by atoms with E-state index in [0.717, 1.165) is 11.4 Å². The van der Waals surface area contributed by atoms with Crippen LogP contribution in [0.3, 0.4) is 0 Å². The van der Waals surface area contributed by atoms with Crippen LogP contribution in [0.4, 0.5) is 0 Å². The van der Waals surface area contributed by atoms with E-state index in [-0.39, 0.29) is 0 Å². The monoisotopic (exact) mass is 736 g/mol. The minimum atomic E-state index is 1.16. The van der Waals surface area contributed by atoms with Gasteiger partial charge in [-0.2, -0.15) is 0 Å². The molecule has 0 spiro atoms. The van der Waals surface area contributed by atoms with Crippen LogP contribution in [0, 0.1) is 0 Å². The highest BCUT2D eigenvalue weighted by Gasteiger charge is 2.15. The minimum Gasteiger partial charge on any atom is -0.309 e. The lowest BCUT2D eigenvalue weighted by Crippen LogP contribution is -1.94. The molecular formula is C56H36N2. The summed E-state index contributed by atoms with van der Waals surface area (Å²) in [6.45, 7) is 0. The van der Waals surface area contributed by atoms with E-state index in [0.29, 0.717) is 0 Å². The number of aromatic nitrogens is 2. The molecule has 270 valence electrons. The van der Waals surface area contributed by atoms with Gasteiger partial charge in [0.15, 0.2) is 0 Å². The summed E-state index contributed by atoms with van der Waals surface area (Å²) in [6, 6.07) is 80.0. The van der Waals surface area contributed by atoms with Crippen LogP contribution in [0.2, 0.25) is 0 Å². The molecule has 2 aromatic heterocycles. The van der Waals surface area contributed by atoms with Gasteiger partial charge in [-0.25, -0.2) is 0 Å². The molecule has 0 N–H and O–H groups in total. The molecule has 0 aliphatic carbocycles. The first-order valence-corrected chi connectivity index (χ1v) is 20.0. The van der Waals surface area contributed by atoms with Gasteiger partial charge in [0.05, 0.1) is 22.1 Å². The Kier molecular flexibility index (Phi) is 7.26. The molecule has 12 aromatic rings. The number of rotatable bonds is 5. The van der Waals surface area contributed by atoms with E-state index >= 15 is 0 Å². The average molecular weight is 737 g/mol. The molecule has 0 amide bonds. The maximum Gasteiger partial charge on any atom is 0.0541 e. The quantitative estimate of drug-likeness (QED) is 0.156. The van der Waals surface area contributed by atoms with Gasteiger partial charge in [0.1, 0.15) is 0 Å². The summed E-state index contributed by atoms with van der Waals surface area (Å²) >= 11 is 0. The van der Waals surface area contributed by atoms with E-state index in [1.165, 1.54) is 98.5 Å². The molecule has 2 heteroatoms. The van der Waals surface area contributed by atoms with Crippen LogP contribution in [-0.2, 0) is 0 Å². The highest BCUT2D eigenvalue weighted by atomic mass is 15.0. The molecule has 12 rings (SSSR count). The first-order chi connectivity index (χ1) is 28.8. The van der Waals surface area contributed by atoms with Crippen LogP contribution < -0.4 is 0 Å². The predicted molar refractivity (Wildman–Crippen MR) is 246 cm³/mol. The average Bonchev–Trinajstić information content (AvgIpc) is 3.81. The van der Waals surface area contributed by atoms with Crippen molar-refractivity contribution in [3.63, 3.8) is 0 Å². The van der Waals surface area contributed by atoms with Crippen molar-refractivity contribution in [3.05, 3.63) is 218 Å². The molecule has 0 saturated carbocycles. The van der Waals surface area contributed by atoms with Gasteiger partial charge >= 0.3 is 0 Å². The minimum absolute atomic E-state index is 1.16. The lowest BCUT2D eigenvalue weighted by molar-refractivity contribution is 1.18. The van der Waals surface area contributed by atoms with E-state index in [1.807, 2.05) is 0 Å². The lowest BCUT2D eigenvalue weighted by atomic mass is 9.91. The summed E-state index contributed by atoms with van der Waals surface area (Å²) in [5, 5.41) is 10.1. The van der Waals surface area contributed by atoms with Crippen LogP contribution in [0.25, 0.3) is 110 Å². The second kappa shape index (κ2) is 12.9. The zero-order chi connectivity index (χ0) is 38.2. The Balaban J connectivity index is 0.922. The molecule has 0 aliphatic rings. The van der Waals surface area contributed by atoms with Crippen molar-refractivity contribution in [2.24, 2.45) is 0 Å². The van der Waals surface area contributed by atoms with Crippen molar-refractivity contribution in [1.29, 1.82) is 0 Å². The smallest absolute Gasteiger partial charge is 0.0541 e. The van der Waals surface area contributed by atoms with E-state index < -0.39 is 0 Å². The standard InChI is InChI=1S/C56H36N2/c1-5-25-53-47(19-1)48-20-2-6-26-54(48)57(53)43-31-29-37(30-32-43)45-23-11-16-41-36-52-42(35-51(41)45)17-12-24-46(52)40-15-9-13-38(33-40)39-14-10-18-44(34-39)58-55-27-7-3-21-49(55)50-22-4-8-28-56(50)58/h1-36H. The van der Waals surface area contributed by atoms with Crippen LogP contribution in [0.15, 0.2) is 218 Å². The van der Waals surface area contributed by atoms with E-state index in [2.05, 4.69) is 228 Å². The lowest BCUT2D eigenvalue weighted by Gasteiger charge is -2.14. The van der Waals surface area contributed by atoms with Crippen LogP contribution in [0.5, 0.6) is 0 Å². The first-order valence-electron chi connectivity index (χ1n) is 20.0. The van der Waals surface area contributed by atoms with Gasteiger partial charge in [0.2, 0.25) is 0 Å². The first kappa shape index (κ1) is 32.6. The van der Waals surface area contributed by atoms with Crippen molar-refractivity contribution in [2.75, 3.05) is 0 Å². The summed E-state index contributed by atoms with van der Waals surface area (Å²) in [6.07, 6.45) is 0. The van der Waals surface area contributed by atoms with Gasteiger partial charge in [-0.3, -0.25) is 0 Å². The van der Waals surface area contributed by atoms with Gasteiger partial charge in [-0.1, -0.05) is 152 Å². The Labute approximate surface area is 336 Å². The Morgan fingerprint density at radius 2 is 0.638 bits per heavy atom. The van der Waals surface area contributed by atoms with Crippen LogP contribution >= 0.6 is 0 Å². The highest BCUT2D eigenvalue weighted by molar-refractivity contribution is 6.11. The highest BCUT2D eigenvalue weighted by Crippen LogP contribution is 2.39. The molecule has 0 fully saturated rings. The molecule has 2 heterocycles. The molecule has 0 bridgehead atoms. The Morgan fingerprint density at radius 1 is 0.224 bits per heavy atom. The van der Waals surface area contributed by atoms with Crippen LogP contribution in [0.1, 0.15) is 0 Å². The molecular weight excluding hydrogens is 701 g/mol. The molecule has 0 unspecified atom stereocenters. The number of nitrogens with zero attached hydrogens (tertiary/aromatic N) is 2.